The zero-order valence-electron chi connectivity index (χ0n) is 14.3. The highest BCUT2D eigenvalue weighted by Gasteiger charge is 2.31. The molecule has 1 rings (SSSR count). The molecule has 5 heteroatoms. The van der Waals surface area contributed by atoms with E-state index in [-0.39, 0.29) is 12.1 Å². The molecular formula is C16H32N2O3. The summed E-state index contributed by atoms with van der Waals surface area (Å²) < 4.78 is 11.0. The standard InChI is InChI=1S/C16H32N2O3/c1-6-8-13(7-2)17-11-14-12-20-10-9-18(14)15(19)21-16(3,4)5/h13-14,17H,6-12H2,1-5H3. The molecule has 1 saturated heterocycles. The second-order valence-corrected chi connectivity index (χ2v) is 6.70. The van der Waals surface area contributed by atoms with Gasteiger partial charge in [-0.2, -0.15) is 0 Å². The van der Waals surface area contributed by atoms with Gasteiger partial charge in [0.15, 0.2) is 0 Å². The molecule has 0 aromatic carbocycles. The van der Waals surface area contributed by atoms with Crippen molar-refractivity contribution in [3.63, 3.8) is 0 Å². The van der Waals surface area contributed by atoms with Crippen molar-refractivity contribution in [1.29, 1.82) is 0 Å². The van der Waals surface area contributed by atoms with Crippen molar-refractivity contribution < 1.29 is 14.3 Å². The molecule has 0 aromatic rings. The molecule has 5 nitrogen and oxygen atoms in total. The second kappa shape index (κ2) is 8.59. The molecule has 21 heavy (non-hydrogen) atoms. The molecule has 1 fully saturated rings. The summed E-state index contributed by atoms with van der Waals surface area (Å²) in [5, 5.41) is 3.56. The van der Waals surface area contributed by atoms with E-state index in [9.17, 15) is 4.79 Å². The second-order valence-electron chi connectivity index (χ2n) is 6.70. The number of hydrogen-bond acceptors (Lipinski definition) is 4. The van der Waals surface area contributed by atoms with Crippen molar-refractivity contribution >= 4 is 6.09 Å². The number of rotatable bonds is 6. The highest BCUT2D eigenvalue weighted by Crippen LogP contribution is 2.14. The fourth-order valence-electron chi connectivity index (χ4n) is 2.49. The van der Waals surface area contributed by atoms with Gasteiger partial charge in [0.1, 0.15) is 5.60 Å². The summed E-state index contributed by atoms with van der Waals surface area (Å²) in [7, 11) is 0. The van der Waals surface area contributed by atoms with Gasteiger partial charge in [-0.1, -0.05) is 20.3 Å². The van der Waals surface area contributed by atoms with Crippen molar-refractivity contribution in [2.45, 2.75) is 71.6 Å². The lowest BCUT2D eigenvalue weighted by Gasteiger charge is -2.37. The number of carbonyl (C=O) groups is 1. The van der Waals surface area contributed by atoms with E-state index >= 15 is 0 Å². The zero-order valence-corrected chi connectivity index (χ0v) is 14.3. The summed E-state index contributed by atoms with van der Waals surface area (Å²) >= 11 is 0. The molecule has 1 N–H and O–H groups in total. The summed E-state index contributed by atoms with van der Waals surface area (Å²) in [6.45, 7) is 12.6. The first kappa shape index (κ1) is 18.2. The van der Waals surface area contributed by atoms with E-state index in [4.69, 9.17) is 9.47 Å². The quantitative estimate of drug-likeness (QED) is 0.819. The Balaban J connectivity index is 2.54. The van der Waals surface area contributed by atoms with Gasteiger partial charge in [0.2, 0.25) is 0 Å². The third-order valence-corrected chi connectivity index (χ3v) is 3.63. The molecule has 2 atom stereocenters. The average Bonchev–Trinajstić information content (AvgIpc) is 2.42. The van der Waals surface area contributed by atoms with Crippen LogP contribution in [0, 0.1) is 0 Å². The number of ether oxygens (including phenoxy) is 2. The zero-order chi connectivity index (χ0) is 15.9. The first-order valence-corrected chi connectivity index (χ1v) is 8.18. The van der Waals surface area contributed by atoms with Crippen LogP contribution >= 0.6 is 0 Å². The van der Waals surface area contributed by atoms with Crippen LogP contribution in [0.1, 0.15) is 53.9 Å². The van der Waals surface area contributed by atoms with E-state index in [1.807, 2.05) is 20.8 Å². The SMILES string of the molecule is CCCC(CC)NCC1COCCN1C(=O)OC(C)(C)C. The summed E-state index contributed by atoms with van der Waals surface area (Å²) in [4.78, 5) is 14.1. The largest absolute Gasteiger partial charge is 0.444 e. The number of amides is 1. The van der Waals surface area contributed by atoms with E-state index in [2.05, 4.69) is 19.2 Å². The lowest BCUT2D eigenvalue weighted by atomic mass is 10.1. The predicted molar refractivity (Wildman–Crippen MR) is 84.5 cm³/mol. The number of nitrogens with one attached hydrogen (secondary N) is 1. The molecule has 0 saturated carbocycles. The number of nitrogens with zero attached hydrogens (tertiary/aromatic N) is 1. The Morgan fingerprint density at radius 3 is 2.71 bits per heavy atom. The van der Waals surface area contributed by atoms with Crippen LogP contribution in [0.25, 0.3) is 0 Å². The van der Waals surface area contributed by atoms with Crippen LogP contribution in [-0.2, 0) is 9.47 Å². The highest BCUT2D eigenvalue weighted by molar-refractivity contribution is 5.68. The lowest BCUT2D eigenvalue weighted by Crippen LogP contribution is -2.55. The van der Waals surface area contributed by atoms with E-state index in [1.54, 1.807) is 4.90 Å². The monoisotopic (exact) mass is 300 g/mol. The Labute approximate surface area is 129 Å². The van der Waals surface area contributed by atoms with Gasteiger partial charge in [-0.25, -0.2) is 4.79 Å². The fraction of sp³-hybridized carbons (Fsp3) is 0.938. The van der Waals surface area contributed by atoms with E-state index in [0.29, 0.717) is 25.8 Å². The molecule has 0 bridgehead atoms. The van der Waals surface area contributed by atoms with Crippen molar-refractivity contribution in [2.24, 2.45) is 0 Å². The lowest BCUT2D eigenvalue weighted by molar-refractivity contribution is -0.0322. The molecule has 1 aliphatic heterocycles. The molecule has 1 amide bonds. The number of hydrogen-bond donors (Lipinski definition) is 1. The van der Waals surface area contributed by atoms with Gasteiger partial charge in [0.25, 0.3) is 0 Å². The molecule has 1 aliphatic rings. The fourth-order valence-corrected chi connectivity index (χ4v) is 2.49. The van der Waals surface area contributed by atoms with Crippen LogP contribution in [0.5, 0.6) is 0 Å². The van der Waals surface area contributed by atoms with Crippen LogP contribution in [0.3, 0.4) is 0 Å². The summed E-state index contributed by atoms with van der Waals surface area (Å²) in [6.07, 6.45) is 3.20. The van der Waals surface area contributed by atoms with E-state index in [0.717, 1.165) is 19.4 Å². The summed E-state index contributed by atoms with van der Waals surface area (Å²) in [5.74, 6) is 0. The third kappa shape index (κ3) is 6.66. The van der Waals surface area contributed by atoms with Gasteiger partial charge in [0.05, 0.1) is 19.3 Å². The number of morpholine rings is 1. The normalized spacial score (nSPS) is 21.2. The summed E-state index contributed by atoms with van der Waals surface area (Å²) in [6, 6.07) is 0.567. The Morgan fingerprint density at radius 1 is 1.43 bits per heavy atom. The van der Waals surface area contributed by atoms with Gasteiger partial charge in [-0.05, 0) is 33.6 Å². The molecule has 124 valence electrons. The molecule has 0 aromatic heterocycles. The first-order chi connectivity index (χ1) is 9.87. The van der Waals surface area contributed by atoms with Gasteiger partial charge in [-0.3, -0.25) is 4.90 Å². The van der Waals surface area contributed by atoms with Crippen molar-refractivity contribution in [3.05, 3.63) is 0 Å². The topological polar surface area (TPSA) is 50.8 Å². The Kier molecular flexibility index (Phi) is 7.46. The maximum Gasteiger partial charge on any atom is 0.410 e. The maximum absolute atomic E-state index is 12.3. The van der Waals surface area contributed by atoms with Gasteiger partial charge in [0, 0.05) is 19.1 Å². The van der Waals surface area contributed by atoms with Crippen molar-refractivity contribution in [1.82, 2.24) is 10.2 Å². The Bertz CT molecular complexity index is 315. The maximum atomic E-state index is 12.3. The van der Waals surface area contributed by atoms with Gasteiger partial charge >= 0.3 is 6.09 Å². The molecular weight excluding hydrogens is 268 g/mol. The minimum Gasteiger partial charge on any atom is -0.444 e. The predicted octanol–water partition coefficient (Wildman–Crippen LogP) is 2.79. The Morgan fingerprint density at radius 2 is 2.14 bits per heavy atom. The minimum atomic E-state index is -0.457. The van der Waals surface area contributed by atoms with Crippen LogP contribution in [0.2, 0.25) is 0 Å². The average molecular weight is 300 g/mol. The highest BCUT2D eigenvalue weighted by atomic mass is 16.6. The van der Waals surface area contributed by atoms with E-state index < -0.39 is 5.60 Å². The third-order valence-electron chi connectivity index (χ3n) is 3.63. The first-order valence-electron chi connectivity index (χ1n) is 8.18. The van der Waals surface area contributed by atoms with Crippen molar-refractivity contribution in [2.75, 3.05) is 26.3 Å². The molecule has 0 aliphatic carbocycles. The van der Waals surface area contributed by atoms with Crippen molar-refractivity contribution in [3.8, 4) is 0 Å². The molecule has 0 spiro atoms. The minimum absolute atomic E-state index is 0.0551. The van der Waals surface area contributed by atoms with Gasteiger partial charge < -0.3 is 14.8 Å². The van der Waals surface area contributed by atoms with Crippen LogP contribution < -0.4 is 5.32 Å². The van der Waals surface area contributed by atoms with Crippen LogP contribution in [-0.4, -0.2) is 55.0 Å². The smallest absolute Gasteiger partial charge is 0.410 e. The Hall–Kier alpha value is -0.810. The number of carbonyl (C=O) groups excluding carboxylic acids is 1. The summed E-state index contributed by atoms with van der Waals surface area (Å²) in [5.41, 5.74) is -0.457. The van der Waals surface area contributed by atoms with Crippen LogP contribution in [0.15, 0.2) is 0 Å². The molecule has 1 heterocycles. The van der Waals surface area contributed by atoms with E-state index in [1.165, 1.54) is 6.42 Å². The molecule has 0 radical (unpaired) electrons. The van der Waals surface area contributed by atoms with Crippen LogP contribution in [0.4, 0.5) is 4.79 Å². The van der Waals surface area contributed by atoms with Gasteiger partial charge in [-0.15, -0.1) is 0 Å². The molecule has 2 unspecified atom stereocenters.